The van der Waals surface area contributed by atoms with Gasteiger partial charge in [0.1, 0.15) is 5.75 Å². The molecule has 5 heteroatoms. The van der Waals surface area contributed by atoms with E-state index in [9.17, 15) is 0 Å². The van der Waals surface area contributed by atoms with Crippen LogP contribution in [0.1, 0.15) is 0 Å². The van der Waals surface area contributed by atoms with Gasteiger partial charge in [-0.05, 0) is 12.1 Å². The third-order valence-electron chi connectivity index (χ3n) is 2.33. The Hall–Kier alpha value is -2.30. The lowest BCUT2D eigenvalue weighted by Gasteiger charge is -2.08. The SMILES string of the molecule is COc1cncc(-c2cc(N)cnc2OC)c1. The first-order valence-electron chi connectivity index (χ1n) is 5.03. The fourth-order valence-corrected chi connectivity index (χ4v) is 1.52. The zero-order valence-corrected chi connectivity index (χ0v) is 9.68. The molecule has 2 aromatic heterocycles. The molecule has 2 aromatic rings. The number of hydrogen-bond acceptors (Lipinski definition) is 5. The lowest BCUT2D eigenvalue weighted by atomic mass is 10.1. The molecule has 0 aliphatic heterocycles. The first-order valence-corrected chi connectivity index (χ1v) is 5.03. The maximum Gasteiger partial charge on any atom is 0.221 e. The molecule has 0 atom stereocenters. The highest BCUT2D eigenvalue weighted by molar-refractivity contribution is 5.71. The third kappa shape index (κ3) is 2.28. The van der Waals surface area contributed by atoms with Crippen molar-refractivity contribution in [1.29, 1.82) is 0 Å². The summed E-state index contributed by atoms with van der Waals surface area (Å²) in [5.74, 6) is 1.18. The Balaban J connectivity index is 2.54. The molecule has 2 N–H and O–H groups in total. The normalized spacial score (nSPS) is 10.0. The van der Waals surface area contributed by atoms with E-state index in [1.54, 1.807) is 38.9 Å². The van der Waals surface area contributed by atoms with Gasteiger partial charge in [0, 0.05) is 17.3 Å². The average molecular weight is 231 g/mol. The summed E-state index contributed by atoms with van der Waals surface area (Å²) < 4.78 is 10.3. The van der Waals surface area contributed by atoms with Crippen molar-refractivity contribution >= 4 is 5.69 Å². The second kappa shape index (κ2) is 4.69. The van der Waals surface area contributed by atoms with Crippen molar-refractivity contribution in [3.8, 4) is 22.8 Å². The first kappa shape index (κ1) is 11.2. The van der Waals surface area contributed by atoms with E-state index in [1.807, 2.05) is 6.07 Å². The van der Waals surface area contributed by atoms with Gasteiger partial charge in [-0.2, -0.15) is 0 Å². The monoisotopic (exact) mass is 231 g/mol. The van der Waals surface area contributed by atoms with Crippen LogP contribution in [0.15, 0.2) is 30.7 Å². The van der Waals surface area contributed by atoms with Gasteiger partial charge in [0.15, 0.2) is 0 Å². The van der Waals surface area contributed by atoms with Crippen molar-refractivity contribution in [2.24, 2.45) is 0 Å². The van der Waals surface area contributed by atoms with E-state index in [2.05, 4.69) is 9.97 Å². The molecule has 0 aliphatic rings. The second-order valence-corrected chi connectivity index (χ2v) is 3.44. The molecule has 0 saturated heterocycles. The zero-order chi connectivity index (χ0) is 12.3. The van der Waals surface area contributed by atoms with E-state index < -0.39 is 0 Å². The van der Waals surface area contributed by atoms with Gasteiger partial charge in [-0.1, -0.05) is 0 Å². The Morgan fingerprint density at radius 3 is 2.59 bits per heavy atom. The molecule has 0 radical (unpaired) electrons. The Morgan fingerprint density at radius 2 is 1.88 bits per heavy atom. The Labute approximate surface area is 99.2 Å². The number of nitrogen functional groups attached to an aromatic ring is 1. The van der Waals surface area contributed by atoms with Crippen LogP contribution in [0.25, 0.3) is 11.1 Å². The predicted molar refractivity (Wildman–Crippen MR) is 65.0 cm³/mol. The van der Waals surface area contributed by atoms with E-state index in [0.717, 1.165) is 11.1 Å². The highest BCUT2D eigenvalue weighted by atomic mass is 16.5. The van der Waals surface area contributed by atoms with Crippen LogP contribution in [-0.4, -0.2) is 24.2 Å². The standard InChI is InChI=1S/C12H13N3O2/c1-16-10-3-8(5-14-7-10)11-4-9(13)6-15-12(11)17-2/h3-7H,13H2,1-2H3. The van der Waals surface area contributed by atoms with Crippen molar-refractivity contribution < 1.29 is 9.47 Å². The molecule has 17 heavy (non-hydrogen) atoms. The highest BCUT2D eigenvalue weighted by Gasteiger charge is 2.09. The molecule has 0 unspecified atom stereocenters. The van der Waals surface area contributed by atoms with Crippen LogP contribution in [0, 0.1) is 0 Å². The number of methoxy groups -OCH3 is 2. The van der Waals surface area contributed by atoms with Crippen molar-refractivity contribution in [3.63, 3.8) is 0 Å². The van der Waals surface area contributed by atoms with Gasteiger partial charge in [0.25, 0.3) is 0 Å². The number of nitrogens with zero attached hydrogens (tertiary/aromatic N) is 2. The molecule has 0 bridgehead atoms. The van der Waals surface area contributed by atoms with Crippen LogP contribution in [0.5, 0.6) is 11.6 Å². The molecule has 0 aromatic carbocycles. The van der Waals surface area contributed by atoms with Gasteiger partial charge < -0.3 is 15.2 Å². The second-order valence-electron chi connectivity index (χ2n) is 3.44. The molecule has 0 spiro atoms. The molecular weight excluding hydrogens is 218 g/mol. The maximum atomic E-state index is 5.72. The molecule has 88 valence electrons. The first-order chi connectivity index (χ1) is 8.24. The molecule has 0 saturated carbocycles. The van der Waals surface area contributed by atoms with Crippen molar-refractivity contribution in [1.82, 2.24) is 9.97 Å². The summed E-state index contributed by atoms with van der Waals surface area (Å²) in [6, 6.07) is 3.65. The molecule has 5 nitrogen and oxygen atoms in total. The Kier molecular flexibility index (Phi) is 3.09. The van der Waals surface area contributed by atoms with Gasteiger partial charge >= 0.3 is 0 Å². The van der Waals surface area contributed by atoms with Gasteiger partial charge in [-0.25, -0.2) is 4.98 Å². The molecule has 2 rings (SSSR count). The number of rotatable bonds is 3. The van der Waals surface area contributed by atoms with Crippen LogP contribution >= 0.6 is 0 Å². The zero-order valence-electron chi connectivity index (χ0n) is 9.68. The number of hydrogen-bond donors (Lipinski definition) is 1. The average Bonchev–Trinajstić information content (AvgIpc) is 2.39. The van der Waals surface area contributed by atoms with E-state index in [0.29, 0.717) is 17.3 Å². The summed E-state index contributed by atoms with van der Waals surface area (Å²) >= 11 is 0. The lowest BCUT2D eigenvalue weighted by Crippen LogP contribution is -1.95. The van der Waals surface area contributed by atoms with Crippen LogP contribution in [0.3, 0.4) is 0 Å². The van der Waals surface area contributed by atoms with Gasteiger partial charge in [0.2, 0.25) is 5.88 Å². The highest BCUT2D eigenvalue weighted by Crippen LogP contribution is 2.30. The summed E-state index contributed by atoms with van der Waals surface area (Å²) in [6.07, 6.45) is 4.90. The summed E-state index contributed by atoms with van der Waals surface area (Å²) in [7, 11) is 3.16. The van der Waals surface area contributed by atoms with E-state index in [-0.39, 0.29) is 0 Å². The van der Waals surface area contributed by atoms with Gasteiger partial charge in [0.05, 0.1) is 32.3 Å². The summed E-state index contributed by atoms with van der Waals surface area (Å²) in [6.45, 7) is 0. The molecular formula is C12H13N3O2. The summed E-state index contributed by atoms with van der Waals surface area (Å²) in [5, 5.41) is 0. The van der Waals surface area contributed by atoms with Crippen molar-refractivity contribution in [2.75, 3.05) is 20.0 Å². The molecule has 0 aliphatic carbocycles. The van der Waals surface area contributed by atoms with Crippen LogP contribution in [0.2, 0.25) is 0 Å². The van der Waals surface area contributed by atoms with Crippen LogP contribution < -0.4 is 15.2 Å². The van der Waals surface area contributed by atoms with E-state index in [1.165, 1.54) is 0 Å². The smallest absolute Gasteiger partial charge is 0.221 e. The van der Waals surface area contributed by atoms with Gasteiger partial charge in [-0.3, -0.25) is 4.98 Å². The predicted octanol–water partition coefficient (Wildman–Crippen LogP) is 1.74. The quantitative estimate of drug-likeness (QED) is 0.871. The number of ether oxygens (including phenoxy) is 2. The Bertz CT molecular complexity index is 529. The minimum atomic E-state index is 0.509. The lowest BCUT2D eigenvalue weighted by molar-refractivity contribution is 0.399. The van der Waals surface area contributed by atoms with Crippen molar-refractivity contribution in [2.45, 2.75) is 0 Å². The van der Waals surface area contributed by atoms with Crippen molar-refractivity contribution in [3.05, 3.63) is 30.7 Å². The number of aromatic nitrogens is 2. The molecule has 2 heterocycles. The molecule has 0 amide bonds. The summed E-state index contributed by atoms with van der Waals surface area (Å²) in [4.78, 5) is 8.20. The number of pyridine rings is 2. The van der Waals surface area contributed by atoms with Gasteiger partial charge in [-0.15, -0.1) is 0 Å². The Morgan fingerprint density at radius 1 is 1.06 bits per heavy atom. The van der Waals surface area contributed by atoms with E-state index in [4.69, 9.17) is 15.2 Å². The van der Waals surface area contributed by atoms with E-state index >= 15 is 0 Å². The molecule has 0 fully saturated rings. The summed E-state index contributed by atoms with van der Waals surface area (Å²) in [5.41, 5.74) is 7.93. The minimum absolute atomic E-state index is 0.509. The minimum Gasteiger partial charge on any atom is -0.495 e. The number of anilines is 1. The van der Waals surface area contributed by atoms with Crippen LogP contribution in [0.4, 0.5) is 5.69 Å². The third-order valence-corrected chi connectivity index (χ3v) is 2.33. The fourth-order valence-electron chi connectivity index (χ4n) is 1.52. The fraction of sp³-hybridized carbons (Fsp3) is 0.167. The topological polar surface area (TPSA) is 70.3 Å². The largest absolute Gasteiger partial charge is 0.495 e. The maximum absolute atomic E-state index is 5.72. The number of nitrogens with two attached hydrogens (primary N) is 1. The van der Waals surface area contributed by atoms with Crippen LogP contribution in [-0.2, 0) is 0 Å².